The third-order valence-corrected chi connectivity index (χ3v) is 3.98. The zero-order valence-electron chi connectivity index (χ0n) is 15.9. The van der Waals surface area contributed by atoms with E-state index < -0.39 is 0 Å². The third kappa shape index (κ3) is 10.8. The van der Waals surface area contributed by atoms with E-state index in [1.54, 1.807) is 24.3 Å². The molecule has 0 spiro atoms. The number of hydrogen-bond donors (Lipinski definition) is 2. The second kappa shape index (κ2) is 14.7. The summed E-state index contributed by atoms with van der Waals surface area (Å²) in [7, 11) is 0. The Balaban J connectivity index is 0.000000384. The Kier molecular flexibility index (Phi) is 13.6. The van der Waals surface area contributed by atoms with E-state index in [1.807, 2.05) is 42.5 Å². The predicted molar refractivity (Wildman–Crippen MR) is 129 cm³/mol. The maximum Gasteiger partial charge on any atom is 0.188 e. The molecular weight excluding hydrogens is 408 g/mol. The first kappa shape index (κ1) is 25.7. The molecule has 148 valence electrons. The molecule has 5 heteroatoms. The summed E-state index contributed by atoms with van der Waals surface area (Å²) in [5, 5.41) is 17.4. The van der Waals surface area contributed by atoms with Crippen LogP contribution in [-0.4, -0.2) is 20.3 Å². The average Bonchev–Trinajstić information content (AvgIpc) is 2.71. The fourth-order valence-corrected chi connectivity index (χ4v) is 2.27. The molecule has 0 fully saturated rings. The van der Waals surface area contributed by atoms with Crippen LogP contribution >= 0.6 is 36.8 Å². The number of halogens is 1. The Labute approximate surface area is 184 Å². The lowest BCUT2D eigenvalue weighted by Gasteiger charge is -2.01. The Morgan fingerprint density at radius 3 is 1.07 bits per heavy atom. The van der Waals surface area contributed by atoms with Crippen LogP contribution in [0.2, 0.25) is 0 Å². The molecule has 0 atom stereocenters. The summed E-state index contributed by atoms with van der Waals surface area (Å²) in [4.78, 5) is 0. The molecule has 28 heavy (non-hydrogen) atoms. The summed E-state index contributed by atoms with van der Waals surface area (Å²) >= 11 is 9.04. The molecule has 0 unspecified atom stereocenters. The lowest BCUT2D eigenvalue weighted by Crippen LogP contribution is -1.91. The van der Waals surface area contributed by atoms with E-state index in [1.165, 1.54) is 5.56 Å². The van der Waals surface area contributed by atoms with Gasteiger partial charge >= 0.3 is 0 Å². The molecule has 2 nitrogen and oxygen atoms in total. The molecule has 0 bridgehead atoms. The largest absolute Gasteiger partial charge is 0.499 e. The molecule has 0 aliphatic rings. The second-order valence-corrected chi connectivity index (χ2v) is 6.68. The molecule has 3 rings (SSSR count). The summed E-state index contributed by atoms with van der Waals surface area (Å²) < 4.78 is 0. The van der Waals surface area contributed by atoms with Crippen molar-refractivity contribution in [1.29, 1.82) is 0 Å². The fraction of sp³-hybridized carbons (Fsp3) is 0.130. The van der Waals surface area contributed by atoms with E-state index in [4.69, 9.17) is 10.2 Å². The van der Waals surface area contributed by atoms with Gasteiger partial charge in [0.2, 0.25) is 0 Å². The topological polar surface area (TPSA) is 40.5 Å². The molecule has 0 radical (unpaired) electrons. The van der Waals surface area contributed by atoms with Crippen molar-refractivity contribution in [3.63, 3.8) is 0 Å². The van der Waals surface area contributed by atoms with Crippen molar-refractivity contribution in [2.24, 2.45) is 0 Å². The van der Waals surface area contributed by atoms with E-state index >= 15 is 0 Å². The minimum atomic E-state index is -0.0457. The fourth-order valence-electron chi connectivity index (χ4n) is 2.00. The quantitative estimate of drug-likeness (QED) is 0.434. The standard InChI is InChI=1S/C9H12.2C7H6OS.ClH/c1-8(2)9-6-4-3-5-7-9;2*8-7(9)6-4-2-1-3-5-6;/h3-8H,1-2H3;2*1-5H,(H,8,9);1H. The van der Waals surface area contributed by atoms with Gasteiger partial charge in [0.15, 0.2) is 10.1 Å². The molecule has 0 aliphatic heterocycles. The minimum absolute atomic E-state index is 0. The lowest BCUT2D eigenvalue weighted by molar-refractivity contribution is 0.570. The number of aliphatic hydroxyl groups is 2. The van der Waals surface area contributed by atoms with Gasteiger partial charge in [-0.2, -0.15) is 0 Å². The van der Waals surface area contributed by atoms with Gasteiger partial charge in [-0.05, 0) is 35.9 Å². The number of hydrogen-bond acceptors (Lipinski definition) is 2. The van der Waals surface area contributed by atoms with Crippen LogP contribution in [0.1, 0.15) is 36.5 Å². The second-order valence-electron chi connectivity index (χ2n) is 5.91. The van der Waals surface area contributed by atoms with Crippen LogP contribution in [0, 0.1) is 0 Å². The molecule has 0 aromatic heterocycles. The number of benzene rings is 3. The van der Waals surface area contributed by atoms with E-state index in [9.17, 15) is 0 Å². The van der Waals surface area contributed by atoms with Gasteiger partial charge < -0.3 is 10.2 Å². The molecule has 0 heterocycles. The van der Waals surface area contributed by atoms with Crippen LogP contribution in [0.4, 0.5) is 0 Å². The van der Waals surface area contributed by atoms with Crippen molar-refractivity contribution in [3.8, 4) is 0 Å². The van der Waals surface area contributed by atoms with E-state index in [-0.39, 0.29) is 22.5 Å². The third-order valence-electron chi connectivity index (χ3n) is 3.51. The van der Waals surface area contributed by atoms with Crippen LogP contribution in [0.5, 0.6) is 0 Å². The van der Waals surface area contributed by atoms with Gasteiger partial charge in [0, 0.05) is 11.1 Å². The van der Waals surface area contributed by atoms with Gasteiger partial charge in [-0.3, -0.25) is 0 Å². The summed E-state index contributed by atoms with van der Waals surface area (Å²) in [5.41, 5.74) is 2.82. The van der Waals surface area contributed by atoms with Gasteiger partial charge in [-0.15, -0.1) is 12.4 Å². The summed E-state index contributed by atoms with van der Waals surface area (Å²) in [6.45, 7) is 4.41. The van der Waals surface area contributed by atoms with Crippen LogP contribution in [-0.2, 0) is 0 Å². The van der Waals surface area contributed by atoms with Crippen LogP contribution in [0.25, 0.3) is 0 Å². The average molecular weight is 433 g/mol. The molecule has 0 amide bonds. The van der Waals surface area contributed by atoms with Crippen LogP contribution in [0.15, 0.2) is 91.0 Å². The summed E-state index contributed by atoms with van der Waals surface area (Å²) in [5.74, 6) is 0.659. The van der Waals surface area contributed by atoms with Crippen molar-refractivity contribution < 1.29 is 10.2 Å². The van der Waals surface area contributed by atoms with Crippen LogP contribution in [0.3, 0.4) is 0 Å². The minimum Gasteiger partial charge on any atom is -0.499 e. The highest BCUT2D eigenvalue weighted by atomic mass is 35.5. The Bertz CT molecular complexity index is 758. The lowest BCUT2D eigenvalue weighted by atomic mass is 10.0. The Morgan fingerprint density at radius 2 is 0.893 bits per heavy atom. The van der Waals surface area contributed by atoms with Crippen molar-refractivity contribution in [2.75, 3.05) is 0 Å². The molecule has 2 N–H and O–H groups in total. The maximum absolute atomic E-state index is 8.76. The normalized spacial score (nSPS) is 8.96. The first-order chi connectivity index (χ1) is 12.9. The van der Waals surface area contributed by atoms with Gasteiger partial charge in [0.25, 0.3) is 0 Å². The molecule has 0 aliphatic carbocycles. The SMILES string of the molecule is CC(C)c1ccccc1.Cl.OC(=S)c1ccccc1.OC(=S)c1ccccc1. The highest BCUT2D eigenvalue weighted by Gasteiger charge is 1.94. The molecular formula is C23H25ClO2S2. The van der Waals surface area contributed by atoms with Gasteiger partial charge in [-0.1, -0.05) is 105 Å². The highest BCUT2D eigenvalue weighted by Crippen LogP contribution is 2.11. The smallest absolute Gasteiger partial charge is 0.188 e. The molecule has 0 saturated heterocycles. The van der Waals surface area contributed by atoms with Crippen molar-refractivity contribution >= 4 is 46.9 Å². The molecule has 3 aromatic carbocycles. The number of rotatable bonds is 3. The zero-order chi connectivity index (χ0) is 20.1. The Morgan fingerprint density at radius 1 is 0.607 bits per heavy atom. The summed E-state index contributed by atoms with van der Waals surface area (Å²) in [6.07, 6.45) is 0. The van der Waals surface area contributed by atoms with Gasteiger partial charge in [-0.25, -0.2) is 0 Å². The maximum atomic E-state index is 8.76. The zero-order valence-corrected chi connectivity index (χ0v) is 18.3. The monoisotopic (exact) mass is 432 g/mol. The van der Waals surface area contributed by atoms with Gasteiger partial charge in [0.1, 0.15) is 0 Å². The van der Waals surface area contributed by atoms with Crippen molar-refractivity contribution in [1.82, 2.24) is 0 Å². The van der Waals surface area contributed by atoms with Crippen LogP contribution < -0.4 is 0 Å². The molecule has 0 saturated carbocycles. The summed E-state index contributed by atoms with van der Waals surface area (Å²) in [6, 6.07) is 28.7. The highest BCUT2D eigenvalue weighted by molar-refractivity contribution is 7.80. The van der Waals surface area contributed by atoms with Crippen molar-refractivity contribution in [2.45, 2.75) is 19.8 Å². The number of thiocarbonyl (C=S) groups is 2. The number of aliphatic hydroxyl groups excluding tert-OH is 2. The van der Waals surface area contributed by atoms with Gasteiger partial charge in [0.05, 0.1) is 0 Å². The van der Waals surface area contributed by atoms with Crippen molar-refractivity contribution in [3.05, 3.63) is 108 Å². The Hall–Kier alpha value is -2.27. The van der Waals surface area contributed by atoms with E-state index in [0.717, 1.165) is 0 Å². The first-order valence-electron chi connectivity index (χ1n) is 8.53. The van der Waals surface area contributed by atoms with E-state index in [0.29, 0.717) is 17.0 Å². The first-order valence-corrected chi connectivity index (χ1v) is 9.35. The molecule has 3 aromatic rings. The van der Waals surface area contributed by atoms with E-state index in [2.05, 4.69) is 62.5 Å². The predicted octanol–water partition coefficient (Wildman–Crippen LogP) is 7.07.